The Labute approximate surface area is 197 Å². The van der Waals surface area contributed by atoms with Crippen LogP contribution in [0, 0.1) is 17.6 Å². The summed E-state index contributed by atoms with van der Waals surface area (Å²) in [5.74, 6) is -5.36. The van der Waals surface area contributed by atoms with E-state index in [0.29, 0.717) is 24.9 Å². The zero-order valence-electron chi connectivity index (χ0n) is 20.4. The molecule has 188 valence electrons. The van der Waals surface area contributed by atoms with Gasteiger partial charge < -0.3 is 15.1 Å². The van der Waals surface area contributed by atoms with E-state index in [0.717, 1.165) is 19.3 Å². The van der Waals surface area contributed by atoms with Gasteiger partial charge in [-0.25, -0.2) is 8.78 Å². The van der Waals surface area contributed by atoms with Crippen molar-refractivity contribution < 1.29 is 28.6 Å². The molecule has 5 nitrogen and oxygen atoms in total. The Morgan fingerprint density at radius 3 is 1.88 bits per heavy atom. The predicted octanol–water partition coefficient (Wildman–Crippen LogP) is 6.08. The first kappa shape index (κ1) is 29.0. The molecule has 1 atom stereocenters. The van der Waals surface area contributed by atoms with Gasteiger partial charge in [-0.15, -0.1) is 0 Å². The highest BCUT2D eigenvalue weighted by Crippen LogP contribution is 2.21. The summed E-state index contributed by atoms with van der Waals surface area (Å²) in [6, 6.07) is 2.53. The Bertz CT molecular complexity index is 704. The van der Waals surface area contributed by atoms with Crippen molar-refractivity contribution in [1.82, 2.24) is 4.90 Å². The van der Waals surface area contributed by atoms with E-state index in [1.807, 2.05) is 6.92 Å². The first-order valence-electron chi connectivity index (χ1n) is 12.3. The highest BCUT2D eigenvalue weighted by atomic mass is 19.1. The average molecular weight is 470 g/mol. The van der Waals surface area contributed by atoms with Gasteiger partial charge in [0.1, 0.15) is 11.6 Å². The van der Waals surface area contributed by atoms with Crippen LogP contribution in [0.3, 0.4) is 0 Å². The number of aliphatic carboxylic acids is 2. The van der Waals surface area contributed by atoms with Crippen molar-refractivity contribution >= 4 is 11.9 Å². The maximum absolute atomic E-state index is 14.6. The number of aryl methyl sites for hydroxylation is 1. The lowest BCUT2D eigenvalue weighted by Crippen LogP contribution is -2.38. The number of carboxylic acid groups (broad SMARTS) is 2. The van der Waals surface area contributed by atoms with Crippen molar-refractivity contribution in [3.05, 3.63) is 34.9 Å². The summed E-state index contributed by atoms with van der Waals surface area (Å²) < 4.78 is 29.2. The van der Waals surface area contributed by atoms with E-state index in [4.69, 9.17) is 10.2 Å². The number of nitrogens with zero attached hydrogens (tertiary/aromatic N) is 1. The van der Waals surface area contributed by atoms with E-state index in [2.05, 4.69) is 6.92 Å². The van der Waals surface area contributed by atoms with Crippen LogP contribution in [0.25, 0.3) is 0 Å². The molecule has 1 aromatic carbocycles. The Kier molecular flexibility index (Phi) is 13.8. The molecule has 0 fully saturated rings. The summed E-state index contributed by atoms with van der Waals surface area (Å²) >= 11 is 0. The molecule has 7 heteroatoms. The lowest BCUT2D eigenvalue weighted by molar-refractivity contribution is -0.155. The van der Waals surface area contributed by atoms with E-state index in [1.165, 1.54) is 44.2 Å². The second-order valence-electron chi connectivity index (χ2n) is 9.02. The molecule has 0 saturated carbocycles. The second-order valence-corrected chi connectivity index (χ2v) is 9.02. The average Bonchev–Trinajstić information content (AvgIpc) is 2.75. The molecule has 0 radical (unpaired) electrons. The van der Waals surface area contributed by atoms with Gasteiger partial charge in [0.25, 0.3) is 0 Å². The van der Waals surface area contributed by atoms with E-state index in [-0.39, 0.29) is 24.4 Å². The maximum atomic E-state index is 14.6. The molecule has 0 aromatic heterocycles. The van der Waals surface area contributed by atoms with Gasteiger partial charge in [-0.2, -0.15) is 0 Å². The highest BCUT2D eigenvalue weighted by molar-refractivity contribution is 5.92. The van der Waals surface area contributed by atoms with Crippen molar-refractivity contribution in [3.63, 3.8) is 0 Å². The zero-order valence-corrected chi connectivity index (χ0v) is 20.4. The van der Waals surface area contributed by atoms with Crippen LogP contribution in [0.4, 0.5) is 8.78 Å². The van der Waals surface area contributed by atoms with Gasteiger partial charge in [-0.05, 0) is 56.8 Å². The van der Waals surface area contributed by atoms with Crippen LogP contribution in [0.15, 0.2) is 12.1 Å². The lowest BCUT2D eigenvalue weighted by Gasteiger charge is -2.28. The van der Waals surface area contributed by atoms with Crippen LogP contribution >= 0.6 is 0 Å². The van der Waals surface area contributed by atoms with Gasteiger partial charge in [0.05, 0.1) is 0 Å². The number of likely N-dealkylation sites (N-methyl/N-ethyl adjacent to an activating group) is 1. The molecule has 0 bridgehead atoms. The minimum absolute atomic E-state index is 0.0180. The number of unbranched alkanes of at least 4 members (excludes halogenated alkanes) is 7. The third kappa shape index (κ3) is 10.6. The smallest absolute Gasteiger partial charge is 0.317 e. The fraction of sp³-hybridized carbons (Fsp3) is 0.692. The van der Waals surface area contributed by atoms with Crippen molar-refractivity contribution in [3.8, 4) is 0 Å². The van der Waals surface area contributed by atoms with E-state index in [1.54, 1.807) is 11.9 Å². The predicted molar refractivity (Wildman–Crippen MR) is 126 cm³/mol. The molecule has 0 amide bonds. The standard InChI is InChI=1S/C26H41F2NO4/c1-4-6-7-8-9-10-11-12-13-19-16-23(27)21(24(28)17-19)14-15-29(3)20(5-2)18-22(25(30)31)26(32)33/h16-17,20,22H,4-15,18H2,1-3H3,(H,30,31)(H,32,33). The maximum Gasteiger partial charge on any atom is 0.317 e. The fourth-order valence-corrected chi connectivity index (χ4v) is 4.21. The summed E-state index contributed by atoms with van der Waals surface area (Å²) in [5, 5.41) is 18.2. The topological polar surface area (TPSA) is 77.8 Å². The number of rotatable bonds is 18. The quantitative estimate of drug-likeness (QED) is 0.201. The summed E-state index contributed by atoms with van der Waals surface area (Å²) in [6.07, 6.45) is 10.7. The summed E-state index contributed by atoms with van der Waals surface area (Å²) in [4.78, 5) is 24.1. The molecule has 1 rings (SSSR count). The van der Waals surface area contributed by atoms with Crippen LogP contribution < -0.4 is 0 Å². The van der Waals surface area contributed by atoms with Gasteiger partial charge in [0.2, 0.25) is 0 Å². The zero-order chi connectivity index (χ0) is 24.8. The molecule has 2 N–H and O–H groups in total. The van der Waals surface area contributed by atoms with Crippen molar-refractivity contribution in [2.24, 2.45) is 5.92 Å². The molecule has 33 heavy (non-hydrogen) atoms. The highest BCUT2D eigenvalue weighted by Gasteiger charge is 2.30. The number of benzene rings is 1. The Hall–Kier alpha value is -2.02. The first-order chi connectivity index (χ1) is 15.7. The first-order valence-corrected chi connectivity index (χ1v) is 12.3. The number of hydrogen-bond donors (Lipinski definition) is 2. The van der Waals surface area contributed by atoms with E-state index < -0.39 is 29.5 Å². The molecule has 0 aliphatic carbocycles. The summed E-state index contributed by atoms with van der Waals surface area (Å²) in [7, 11) is 1.72. The fourth-order valence-electron chi connectivity index (χ4n) is 4.21. The van der Waals surface area contributed by atoms with Crippen LogP contribution in [0.5, 0.6) is 0 Å². The van der Waals surface area contributed by atoms with Gasteiger partial charge in [0.15, 0.2) is 5.92 Å². The van der Waals surface area contributed by atoms with Crippen LogP contribution in [-0.4, -0.2) is 46.7 Å². The van der Waals surface area contributed by atoms with Gasteiger partial charge >= 0.3 is 11.9 Å². The Morgan fingerprint density at radius 2 is 1.39 bits per heavy atom. The number of carbonyl (C=O) groups is 2. The monoisotopic (exact) mass is 469 g/mol. The van der Waals surface area contributed by atoms with Gasteiger partial charge in [-0.1, -0.05) is 58.8 Å². The minimum atomic E-state index is -1.50. The SMILES string of the molecule is CCCCCCCCCCc1cc(F)c(CCN(C)C(CC)CC(C(=O)O)C(=O)O)c(F)c1. The minimum Gasteiger partial charge on any atom is -0.481 e. The number of halogens is 2. The number of hydrogen-bond acceptors (Lipinski definition) is 3. The van der Waals surface area contributed by atoms with Crippen molar-refractivity contribution in [2.75, 3.05) is 13.6 Å². The van der Waals surface area contributed by atoms with Crippen LogP contribution in [0.1, 0.15) is 89.2 Å². The normalized spacial score (nSPS) is 12.5. The van der Waals surface area contributed by atoms with Crippen LogP contribution in [-0.2, 0) is 22.4 Å². The summed E-state index contributed by atoms with van der Waals surface area (Å²) in [5.41, 5.74) is 0.690. The third-order valence-electron chi connectivity index (χ3n) is 6.43. The molecule has 0 spiro atoms. The summed E-state index contributed by atoms with van der Waals surface area (Å²) in [6.45, 7) is 4.33. The van der Waals surface area contributed by atoms with Crippen molar-refractivity contribution in [2.45, 2.75) is 96.9 Å². The molecule has 1 unspecified atom stereocenters. The molecule has 0 saturated heterocycles. The lowest BCUT2D eigenvalue weighted by atomic mass is 9.97. The van der Waals surface area contributed by atoms with Crippen molar-refractivity contribution in [1.29, 1.82) is 0 Å². The molecule has 0 aliphatic rings. The third-order valence-corrected chi connectivity index (χ3v) is 6.43. The second kappa shape index (κ2) is 15.8. The van der Waals surface area contributed by atoms with E-state index >= 15 is 0 Å². The molecule has 0 heterocycles. The Balaban J connectivity index is 2.56. The number of carboxylic acids is 2. The van der Waals surface area contributed by atoms with E-state index in [9.17, 15) is 18.4 Å². The molecule has 1 aromatic rings. The molecule has 0 aliphatic heterocycles. The largest absolute Gasteiger partial charge is 0.481 e. The molecular weight excluding hydrogens is 428 g/mol. The van der Waals surface area contributed by atoms with Gasteiger partial charge in [-0.3, -0.25) is 9.59 Å². The molecular formula is C26H41F2NO4. The Morgan fingerprint density at radius 1 is 0.879 bits per heavy atom. The van der Waals surface area contributed by atoms with Gasteiger partial charge in [0, 0.05) is 18.2 Å². The van der Waals surface area contributed by atoms with Crippen LogP contribution in [0.2, 0.25) is 0 Å².